The van der Waals surface area contributed by atoms with Crippen molar-refractivity contribution in [2.24, 2.45) is 5.10 Å². The van der Waals surface area contributed by atoms with Crippen LogP contribution in [0.25, 0.3) is 0 Å². The molecule has 26 heavy (non-hydrogen) atoms. The molecular formula is C20H24N4O2. The molecule has 2 aromatic rings. The summed E-state index contributed by atoms with van der Waals surface area (Å²) in [6.07, 6.45) is 1.60. The Morgan fingerprint density at radius 2 is 1.85 bits per heavy atom. The van der Waals surface area contributed by atoms with Crippen LogP contribution in [0.1, 0.15) is 22.3 Å². The third-order valence-electron chi connectivity index (χ3n) is 4.73. The molecule has 1 aliphatic rings. The van der Waals surface area contributed by atoms with Crippen LogP contribution in [0.3, 0.4) is 0 Å². The first-order chi connectivity index (χ1) is 12.5. The molecule has 1 fully saturated rings. The van der Waals surface area contributed by atoms with Gasteiger partial charge in [-0.2, -0.15) is 5.10 Å². The van der Waals surface area contributed by atoms with Crippen molar-refractivity contribution in [3.63, 3.8) is 0 Å². The Morgan fingerprint density at radius 3 is 2.54 bits per heavy atom. The summed E-state index contributed by atoms with van der Waals surface area (Å²) in [5.74, 6) is 0. The number of piperazine rings is 1. The van der Waals surface area contributed by atoms with E-state index in [0.717, 1.165) is 32.7 Å². The molecule has 0 spiro atoms. The second-order valence-electron chi connectivity index (χ2n) is 6.72. The summed E-state index contributed by atoms with van der Waals surface area (Å²) in [5, 5.41) is 17.5. The second-order valence-corrected chi connectivity index (χ2v) is 6.72. The van der Waals surface area contributed by atoms with Crippen LogP contribution in [-0.4, -0.2) is 47.2 Å². The van der Waals surface area contributed by atoms with Gasteiger partial charge in [0.05, 0.1) is 16.7 Å². The molecule has 0 bridgehead atoms. The lowest BCUT2D eigenvalue weighted by Crippen LogP contribution is -2.43. The van der Waals surface area contributed by atoms with Gasteiger partial charge in [0.25, 0.3) is 5.69 Å². The zero-order chi connectivity index (χ0) is 18.5. The molecule has 1 heterocycles. The molecule has 0 amide bonds. The Kier molecular flexibility index (Phi) is 5.63. The Balaban J connectivity index is 1.56. The van der Waals surface area contributed by atoms with Crippen LogP contribution in [0, 0.1) is 24.0 Å². The number of aryl methyl sites for hydroxylation is 2. The molecule has 2 aromatic carbocycles. The summed E-state index contributed by atoms with van der Waals surface area (Å²) in [6, 6.07) is 13.3. The van der Waals surface area contributed by atoms with Crippen molar-refractivity contribution in [2.75, 3.05) is 26.2 Å². The quantitative estimate of drug-likeness (QED) is 0.470. The lowest BCUT2D eigenvalue weighted by atomic mass is 10.1. The van der Waals surface area contributed by atoms with Crippen molar-refractivity contribution in [1.29, 1.82) is 0 Å². The lowest BCUT2D eigenvalue weighted by Gasteiger charge is -2.33. The normalized spacial score (nSPS) is 15.5. The molecule has 0 unspecified atom stereocenters. The predicted octanol–water partition coefficient (Wildman–Crippen LogP) is 3.36. The fraction of sp³-hybridized carbons (Fsp3) is 0.350. The molecular weight excluding hydrogens is 328 g/mol. The Labute approximate surface area is 153 Å². The van der Waals surface area contributed by atoms with Crippen LogP contribution in [-0.2, 0) is 6.54 Å². The molecule has 0 N–H and O–H groups in total. The summed E-state index contributed by atoms with van der Waals surface area (Å²) in [4.78, 5) is 13.1. The first kappa shape index (κ1) is 18.1. The van der Waals surface area contributed by atoms with Crippen molar-refractivity contribution in [2.45, 2.75) is 20.4 Å². The van der Waals surface area contributed by atoms with E-state index in [-0.39, 0.29) is 10.6 Å². The number of benzene rings is 2. The van der Waals surface area contributed by atoms with E-state index in [1.165, 1.54) is 22.8 Å². The van der Waals surface area contributed by atoms with Gasteiger partial charge in [-0.1, -0.05) is 35.9 Å². The Hall–Kier alpha value is -2.73. The van der Waals surface area contributed by atoms with Gasteiger partial charge in [-0.3, -0.25) is 20.0 Å². The van der Waals surface area contributed by atoms with Crippen LogP contribution in [0.15, 0.2) is 47.6 Å². The fourth-order valence-electron chi connectivity index (χ4n) is 3.18. The van der Waals surface area contributed by atoms with E-state index in [4.69, 9.17) is 0 Å². The maximum atomic E-state index is 11.1. The first-order valence-electron chi connectivity index (χ1n) is 8.84. The van der Waals surface area contributed by atoms with E-state index >= 15 is 0 Å². The molecule has 6 heteroatoms. The highest BCUT2D eigenvalue weighted by atomic mass is 16.6. The number of nitro benzene ring substituents is 1. The fourth-order valence-corrected chi connectivity index (χ4v) is 3.18. The molecule has 0 atom stereocenters. The molecule has 0 radical (unpaired) electrons. The third-order valence-corrected chi connectivity index (χ3v) is 4.73. The van der Waals surface area contributed by atoms with Crippen LogP contribution in [0.5, 0.6) is 0 Å². The Morgan fingerprint density at radius 1 is 1.12 bits per heavy atom. The van der Waals surface area contributed by atoms with E-state index in [1.807, 2.05) is 5.01 Å². The average Bonchev–Trinajstić information content (AvgIpc) is 2.63. The van der Waals surface area contributed by atoms with Gasteiger partial charge in [0, 0.05) is 38.8 Å². The summed E-state index contributed by atoms with van der Waals surface area (Å²) < 4.78 is 0. The number of nitro groups is 1. The van der Waals surface area contributed by atoms with Gasteiger partial charge in [0.2, 0.25) is 0 Å². The molecule has 0 saturated carbocycles. The molecule has 0 aromatic heterocycles. The zero-order valence-corrected chi connectivity index (χ0v) is 15.3. The highest BCUT2D eigenvalue weighted by Crippen LogP contribution is 2.17. The number of hydrogen-bond acceptors (Lipinski definition) is 5. The van der Waals surface area contributed by atoms with E-state index in [9.17, 15) is 10.1 Å². The number of hydrazone groups is 1. The molecule has 0 aliphatic carbocycles. The lowest BCUT2D eigenvalue weighted by molar-refractivity contribution is -0.385. The van der Waals surface area contributed by atoms with Gasteiger partial charge in [-0.25, -0.2) is 0 Å². The minimum atomic E-state index is -0.372. The summed E-state index contributed by atoms with van der Waals surface area (Å²) in [5.41, 5.74) is 4.62. The number of hydrogen-bond donors (Lipinski definition) is 0. The van der Waals surface area contributed by atoms with Crippen LogP contribution in [0.4, 0.5) is 5.69 Å². The average molecular weight is 352 g/mol. The summed E-state index contributed by atoms with van der Waals surface area (Å²) in [6.45, 7) is 8.74. The van der Waals surface area contributed by atoms with Crippen molar-refractivity contribution in [3.05, 3.63) is 74.8 Å². The minimum absolute atomic E-state index is 0.0877. The highest BCUT2D eigenvalue weighted by Gasteiger charge is 2.17. The molecule has 1 aliphatic heterocycles. The maximum Gasteiger partial charge on any atom is 0.278 e. The van der Waals surface area contributed by atoms with Crippen LogP contribution in [0.2, 0.25) is 0 Å². The van der Waals surface area contributed by atoms with Gasteiger partial charge >= 0.3 is 0 Å². The molecule has 136 valence electrons. The van der Waals surface area contributed by atoms with Crippen molar-refractivity contribution < 1.29 is 4.92 Å². The van der Waals surface area contributed by atoms with Crippen molar-refractivity contribution in [1.82, 2.24) is 9.91 Å². The largest absolute Gasteiger partial charge is 0.295 e. The number of rotatable bonds is 5. The van der Waals surface area contributed by atoms with E-state index < -0.39 is 0 Å². The van der Waals surface area contributed by atoms with Crippen LogP contribution < -0.4 is 0 Å². The SMILES string of the molecule is Cc1ccc(CN2CCN(N=Cc3ccccc3[N+](=O)[O-])CC2)c(C)c1. The minimum Gasteiger partial charge on any atom is -0.295 e. The van der Waals surface area contributed by atoms with Gasteiger partial charge in [-0.05, 0) is 31.0 Å². The summed E-state index contributed by atoms with van der Waals surface area (Å²) in [7, 11) is 0. The first-order valence-corrected chi connectivity index (χ1v) is 8.84. The maximum absolute atomic E-state index is 11.1. The predicted molar refractivity (Wildman–Crippen MR) is 103 cm³/mol. The standard InChI is InChI=1S/C20H24N4O2/c1-16-7-8-19(17(2)13-16)15-22-9-11-23(12-10-22)21-14-18-5-3-4-6-20(18)24(25)26/h3-8,13-14H,9-12,15H2,1-2H3. The Bertz CT molecular complexity index is 811. The third kappa shape index (κ3) is 4.46. The number of para-hydroxylation sites is 1. The number of nitrogens with zero attached hydrogens (tertiary/aromatic N) is 4. The smallest absolute Gasteiger partial charge is 0.278 e. The van der Waals surface area contributed by atoms with Gasteiger partial charge < -0.3 is 0 Å². The van der Waals surface area contributed by atoms with Gasteiger partial charge in [0.1, 0.15) is 0 Å². The molecule has 1 saturated heterocycles. The molecule has 3 rings (SSSR count). The monoisotopic (exact) mass is 352 g/mol. The van der Waals surface area contributed by atoms with Gasteiger partial charge in [0.15, 0.2) is 0 Å². The van der Waals surface area contributed by atoms with Crippen molar-refractivity contribution in [3.8, 4) is 0 Å². The zero-order valence-electron chi connectivity index (χ0n) is 15.3. The van der Waals surface area contributed by atoms with Crippen LogP contribution >= 0.6 is 0 Å². The van der Waals surface area contributed by atoms with E-state index in [1.54, 1.807) is 24.4 Å². The highest BCUT2D eigenvalue weighted by molar-refractivity contribution is 5.84. The van der Waals surface area contributed by atoms with E-state index in [2.05, 4.69) is 42.0 Å². The van der Waals surface area contributed by atoms with Crippen molar-refractivity contribution >= 4 is 11.9 Å². The topological polar surface area (TPSA) is 62.0 Å². The van der Waals surface area contributed by atoms with Gasteiger partial charge in [-0.15, -0.1) is 0 Å². The summed E-state index contributed by atoms with van der Waals surface area (Å²) >= 11 is 0. The second kappa shape index (κ2) is 8.10. The molecule has 6 nitrogen and oxygen atoms in total. The van der Waals surface area contributed by atoms with E-state index in [0.29, 0.717) is 5.56 Å².